The Bertz CT molecular complexity index is 1150. The summed E-state index contributed by atoms with van der Waals surface area (Å²) in [5.41, 5.74) is 4.21. The highest BCUT2D eigenvalue weighted by Gasteiger charge is 2.39. The number of hydrogen-bond donors (Lipinski definition) is 1. The van der Waals surface area contributed by atoms with E-state index in [9.17, 15) is 18.0 Å². The summed E-state index contributed by atoms with van der Waals surface area (Å²) >= 11 is 5.97. The molecule has 1 unspecified atom stereocenters. The minimum atomic E-state index is -4.46. The number of carbonyl (C=O) groups excluding carboxylic acids is 1. The van der Waals surface area contributed by atoms with Crippen molar-refractivity contribution in [2.45, 2.75) is 39.4 Å². The number of alkyl halides is 3. The van der Waals surface area contributed by atoms with Gasteiger partial charge in [-0.25, -0.2) is 0 Å². The molecule has 2 aromatic carbocycles. The second kappa shape index (κ2) is 10.2. The van der Waals surface area contributed by atoms with E-state index < -0.39 is 12.1 Å². The van der Waals surface area contributed by atoms with Crippen molar-refractivity contribution < 1.29 is 18.0 Å². The first-order chi connectivity index (χ1) is 15.5. The molecule has 33 heavy (non-hydrogen) atoms. The van der Waals surface area contributed by atoms with Gasteiger partial charge in [-0.2, -0.15) is 13.2 Å². The molecule has 0 spiro atoms. The van der Waals surface area contributed by atoms with Crippen molar-refractivity contribution in [3.8, 4) is 0 Å². The first-order valence-corrected chi connectivity index (χ1v) is 10.7. The van der Waals surface area contributed by atoms with E-state index >= 15 is 0 Å². The van der Waals surface area contributed by atoms with Gasteiger partial charge in [0.15, 0.2) is 0 Å². The third-order valence-electron chi connectivity index (χ3n) is 5.18. The molecule has 1 amide bonds. The number of nitrogens with one attached hydrogen (secondary N) is 1. The van der Waals surface area contributed by atoms with E-state index in [-0.39, 0.29) is 16.5 Å². The number of aromatic nitrogens is 1. The molecule has 0 saturated carbocycles. The summed E-state index contributed by atoms with van der Waals surface area (Å²) in [4.78, 5) is 16.7. The summed E-state index contributed by atoms with van der Waals surface area (Å²) in [6.07, 6.45) is -0.229. The molecule has 1 aromatic heterocycles. The number of rotatable bonds is 6. The monoisotopic (exact) mass is 472 g/mol. The van der Waals surface area contributed by atoms with Crippen molar-refractivity contribution in [2.75, 3.05) is 0 Å². The second-order valence-corrected chi connectivity index (χ2v) is 8.44. The summed E-state index contributed by atoms with van der Waals surface area (Å²) in [5.74, 6) is -2.05. The predicted octanol–water partition coefficient (Wildman–Crippen LogP) is 6.95. The Morgan fingerprint density at radius 3 is 2.45 bits per heavy atom. The van der Waals surface area contributed by atoms with Gasteiger partial charge in [0.25, 0.3) is 5.91 Å². The number of pyridine rings is 1. The van der Waals surface area contributed by atoms with Gasteiger partial charge in [0.05, 0.1) is 5.92 Å². The summed E-state index contributed by atoms with van der Waals surface area (Å²) in [6, 6.07) is 13.1. The van der Waals surface area contributed by atoms with Crippen molar-refractivity contribution in [3.63, 3.8) is 0 Å². The van der Waals surface area contributed by atoms with Crippen LogP contribution in [0.2, 0.25) is 5.02 Å². The molecule has 0 saturated heterocycles. The van der Waals surface area contributed by atoms with E-state index in [1.54, 1.807) is 44.3 Å². The summed E-state index contributed by atoms with van der Waals surface area (Å²) < 4.78 is 41.1. The molecular weight excluding hydrogens is 449 g/mol. The van der Waals surface area contributed by atoms with Crippen LogP contribution in [-0.2, 0) is 6.54 Å². The van der Waals surface area contributed by atoms with Crippen molar-refractivity contribution in [1.82, 2.24) is 10.3 Å². The van der Waals surface area contributed by atoms with Gasteiger partial charge < -0.3 is 5.32 Å². The predicted molar refractivity (Wildman–Crippen MR) is 125 cm³/mol. The lowest BCUT2D eigenvalue weighted by atomic mass is 9.95. The highest BCUT2D eigenvalue weighted by Crippen LogP contribution is 2.37. The first kappa shape index (κ1) is 24.5. The zero-order valence-corrected chi connectivity index (χ0v) is 19.3. The SMILES string of the molecule is Cc1cc(Cl)cc(C(/C=C/c2ccc(C(=O)NCc3ccc(C)nc3)c(C)c2)C(F)(F)F)c1. The Hall–Kier alpha value is -3.12. The molecule has 0 aliphatic rings. The van der Waals surface area contributed by atoms with Crippen molar-refractivity contribution >= 4 is 23.6 Å². The van der Waals surface area contributed by atoms with Gasteiger partial charge in [0, 0.05) is 29.0 Å². The zero-order chi connectivity index (χ0) is 24.2. The van der Waals surface area contributed by atoms with E-state index in [1.807, 2.05) is 19.1 Å². The van der Waals surface area contributed by atoms with E-state index in [0.29, 0.717) is 28.8 Å². The standard InChI is InChI=1S/C26H24ClF3N2O/c1-16-10-21(13-22(27)11-16)24(26(28,29)30)9-7-19-6-8-23(17(2)12-19)25(33)32-15-20-5-4-18(3)31-14-20/h4-14,24H,15H2,1-3H3,(H,32,33)/b9-7+. The van der Waals surface area contributed by atoms with Crippen LogP contribution in [0.1, 0.15) is 49.8 Å². The fraction of sp³-hybridized carbons (Fsp3) is 0.231. The lowest BCUT2D eigenvalue weighted by molar-refractivity contribution is -0.139. The molecule has 0 fully saturated rings. The number of benzene rings is 2. The molecule has 1 N–H and O–H groups in total. The van der Waals surface area contributed by atoms with Gasteiger partial charge in [-0.05, 0) is 72.9 Å². The smallest absolute Gasteiger partial charge is 0.348 e. The van der Waals surface area contributed by atoms with Gasteiger partial charge in [0.2, 0.25) is 0 Å². The third kappa shape index (κ3) is 6.68. The number of nitrogens with zero attached hydrogens (tertiary/aromatic N) is 1. The Kier molecular flexibility index (Phi) is 7.59. The normalized spacial score (nSPS) is 12.7. The maximum absolute atomic E-state index is 13.7. The maximum atomic E-state index is 13.7. The van der Waals surface area contributed by atoms with Crippen LogP contribution in [0.4, 0.5) is 13.2 Å². The van der Waals surface area contributed by atoms with Gasteiger partial charge in [0.1, 0.15) is 0 Å². The first-order valence-electron chi connectivity index (χ1n) is 10.4. The number of aryl methyl sites for hydroxylation is 3. The van der Waals surface area contributed by atoms with E-state index in [1.165, 1.54) is 18.2 Å². The second-order valence-electron chi connectivity index (χ2n) is 8.01. The van der Waals surface area contributed by atoms with Crippen LogP contribution in [0, 0.1) is 20.8 Å². The highest BCUT2D eigenvalue weighted by atomic mass is 35.5. The van der Waals surface area contributed by atoms with Gasteiger partial charge >= 0.3 is 6.18 Å². The van der Waals surface area contributed by atoms with Gasteiger partial charge in [-0.15, -0.1) is 0 Å². The number of halogens is 4. The fourth-order valence-electron chi connectivity index (χ4n) is 3.49. The zero-order valence-electron chi connectivity index (χ0n) is 18.5. The Labute approximate surface area is 196 Å². The third-order valence-corrected chi connectivity index (χ3v) is 5.40. The molecular formula is C26H24ClF3N2O. The lowest BCUT2D eigenvalue weighted by Crippen LogP contribution is -2.23. The summed E-state index contributed by atoms with van der Waals surface area (Å²) in [6.45, 7) is 5.67. The average Bonchev–Trinajstić information content (AvgIpc) is 2.71. The molecule has 7 heteroatoms. The fourth-order valence-corrected chi connectivity index (χ4v) is 3.78. The van der Waals surface area contributed by atoms with Crippen LogP contribution in [0.5, 0.6) is 0 Å². The largest absolute Gasteiger partial charge is 0.399 e. The van der Waals surface area contributed by atoms with Crippen LogP contribution in [0.25, 0.3) is 6.08 Å². The molecule has 1 atom stereocenters. The minimum Gasteiger partial charge on any atom is -0.348 e. The van der Waals surface area contributed by atoms with Crippen molar-refractivity contribution in [3.05, 3.63) is 105 Å². The van der Waals surface area contributed by atoms with Crippen LogP contribution in [-0.4, -0.2) is 17.1 Å². The Morgan fingerprint density at radius 2 is 1.85 bits per heavy atom. The summed E-state index contributed by atoms with van der Waals surface area (Å²) in [5, 5.41) is 3.10. The molecule has 0 aliphatic heterocycles. The summed E-state index contributed by atoms with van der Waals surface area (Å²) in [7, 11) is 0. The van der Waals surface area contributed by atoms with Crippen LogP contribution in [0.15, 0.2) is 60.8 Å². The molecule has 172 valence electrons. The molecule has 3 nitrogen and oxygen atoms in total. The molecule has 3 rings (SSSR count). The van der Waals surface area contributed by atoms with Gasteiger partial charge in [-0.1, -0.05) is 48.0 Å². The van der Waals surface area contributed by atoms with E-state index in [0.717, 1.165) is 17.3 Å². The number of carbonyl (C=O) groups is 1. The maximum Gasteiger partial charge on any atom is 0.399 e. The van der Waals surface area contributed by atoms with Crippen LogP contribution in [0.3, 0.4) is 0 Å². The Balaban J connectivity index is 1.76. The molecule has 0 bridgehead atoms. The van der Waals surface area contributed by atoms with Crippen molar-refractivity contribution in [1.29, 1.82) is 0 Å². The number of allylic oxidation sites excluding steroid dienone is 1. The van der Waals surface area contributed by atoms with Gasteiger partial charge in [-0.3, -0.25) is 9.78 Å². The minimum absolute atomic E-state index is 0.0852. The number of hydrogen-bond acceptors (Lipinski definition) is 2. The molecule has 0 aliphatic carbocycles. The van der Waals surface area contributed by atoms with Crippen LogP contribution < -0.4 is 5.32 Å². The average molecular weight is 473 g/mol. The van der Waals surface area contributed by atoms with Crippen LogP contribution >= 0.6 is 11.6 Å². The molecule has 1 heterocycles. The Morgan fingerprint density at radius 1 is 1.09 bits per heavy atom. The lowest BCUT2D eigenvalue weighted by Gasteiger charge is -2.18. The van der Waals surface area contributed by atoms with Crippen molar-refractivity contribution in [2.24, 2.45) is 0 Å². The highest BCUT2D eigenvalue weighted by molar-refractivity contribution is 6.30. The quantitative estimate of drug-likeness (QED) is 0.421. The van der Waals surface area contributed by atoms with E-state index in [2.05, 4.69) is 10.3 Å². The topological polar surface area (TPSA) is 42.0 Å². The van der Waals surface area contributed by atoms with E-state index in [4.69, 9.17) is 11.6 Å². The molecule has 0 radical (unpaired) electrons. The number of amides is 1. The molecule has 3 aromatic rings.